The fourth-order valence-corrected chi connectivity index (χ4v) is 5.43. The third kappa shape index (κ3) is 1.09. The van der Waals surface area contributed by atoms with Crippen molar-refractivity contribution < 1.29 is 14.9 Å². The molecule has 2 heterocycles. The molecule has 3 N–H and O–H groups in total. The number of aromatic hydroxyl groups is 1. The van der Waals surface area contributed by atoms with Crippen molar-refractivity contribution in [1.29, 1.82) is 0 Å². The first-order valence-corrected chi connectivity index (χ1v) is 7.65. The van der Waals surface area contributed by atoms with Crippen LogP contribution in [0, 0.1) is 5.92 Å². The van der Waals surface area contributed by atoms with E-state index in [9.17, 15) is 10.2 Å². The van der Waals surface area contributed by atoms with E-state index in [1.165, 1.54) is 11.1 Å². The van der Waals surface area contributed by atoms with Crippen molar-refractivity contribution in [1.82, 2.24) is 5.32 Å². The third-order valence-corrected chi connectivity index (χ3v) is 6.10. The normalized spacial score (nSPS) is 43.9. The Morgan fingerprint density at radius 1 is 1.30 bits per heavy atom. The lowest BCUT2D eigenvalue weighted by molar-refractivity contribution is -0.0761. The summed E-state index contributed by atoms with van der Waals surface area (Å²) in [5.41, 5.74) is 2.43. The van der Waals surface area contributed by atoms with Gasteiger partial charge in [0.1, 0.15) is 6.10 Å². The second-order valence-electron chi connectivity index (χ2n) is 6.79. The Bertz CT molecular complexity index is 602. The Kier molecular flexibility index (Phi) is 1.99. The summed E-state index contributed by atoms with van der Waals surface area (Å²) in [6.07, 6.45) is 3.28. The molecule has 20 heavy (non-hydrogen) atoms. The van der Waals surface area contributed by atoms with E-state index in [2.05, 4.69) is 5.32 Å². The molecular formula is C16H19NO3. The molecule has 4 heteroatoms. The predicted molar refractivity (Wildman–Crippen MR) is 73.0 cm³/mol. The number of ether oxygens (including phenoxy) is 1. The first-order valence-electron chi connectivity index (χ1n) is 7.65. The van der Waals surface area contributed by atoms with Gasteiger partial charge < -0.3 is 20.3 Å². The van der Waals surface area contributed by atoms with Crippen LogP contribution < -0.4 is 10.1 Å². The van der Waals surface area contributed by atoms with Gasteiger partial charge in [-0.3, -0.25) is 0 Å². The molecule has 1 aromatic rings. The molecular weight excluding hydrogens is 254 g/mol. The number of benzene rings is 1. The molecule has 5 rings (SSSR count). The average molecular weight is 273 g/mol. The molecule has 2 bridgehead atoms. The van der Waals surface area contributed by atoms with Gasteiger partial charge in [0, 0.05) is 17.0 Å². The second kappa shape index (κ2) is 3.49. The number of piperidine rings is 1. The summed E-state index contributed by atoms with van der Waals surface area (Å²) in [6, 6.07) is 4.27. The molecule has 2 aliphatic heterocycles. The van der Waals surface area contributed by atoms with Crippen molar-refractivity contribution in [3.8, 4) is 11.5 Å². The van der Waals surface area contributed by atoms with Crippen LogP contribution in [0.3, 0.4) is 0 Å². The summed E-state index contributed by atoms with van der Waals surface area (Å²) >= 11 is 0. The molecule has 2 aliphatic carbocycles. The Labute approximate surface area is 117 Å². The molecule has 1 saturated heterocycles. The van der Waals surface area contributed by atoms with Gasteiger partial charge in [-0.05, 0) is 49.8 Å². The first kappa shape index (κ1) is 11.4. The summed E-state index contributed by atoms with van der Waals surface area (Å²) in [5, 5.41) is 24.3. The summed E-state index contributed by atoms with van der Waals surface area (Å²) in [7, 11) is 0. The maximum atomic E-state index is 10.5. The first-order chi connectivity index (χ1) is 9.72. The van der Waals surface area contributed by atoms with Crippen molar-refractivity contribution in [2.75, 3.05) is 6.54 Å². The van der Waals surface area contributed by atoms with Gasteiger partial charge in [0.05, 0.1) is 6.10 Å². The minimum absolute atomic E-state index is 0.0742. The lowest BCUT2D eigenvalue weighted by Crippen LogP contribution is -2.66. The summed E-state index contributed by atoms with van der Waals surface area (Å²) in [6.45, 7) is 0.974. The number of hydrogen-bond acceptors (Lipinski definition) is 4. The van der Waals surface area contributed by atoms with E-state index in [0.29, 0.717) is 17.7 Å². The van der Waals surface area contributed by atoms with Crippen LogP contribution in [-0.4, -0.2) is 35.0 Å². The molecule has 1 spiro atoms. The number of rotatable bonds is 0. The molecule has 0 amide bonds. The third-order valence-electron chi connectivity index (χ3n) is 6.10. The van der Waals surface area contributed by atoms with Crippen molar-refractivity contribution in [2.45, 2.75) is 49.3 Å². The van der Waals surface area contributed by atoms with Crippen LogP contribution in [0.2, 0.25) is 0 Å². The number of aliphatic hydroxyl groups excluding tert-OH is 1. The monoisotopic (exact) mass is 273 g/mol. The number of phenolic OH excluding ortho intramolecular Hbond substituents is 1. The van der Waals surface area contributed by atoms with Gasteiger partial charge in [-0.15, -0.1) is 0 Å². The Morgan fingerprint density at radius 3 is 3.10 bits per heavy atom. The SMILES string of the molecule is Oc1ccc2c3c1O[C@@H]1[C@@H](O)CC[C@@H]4[C@H](C2)NCC[C@]341. The maximum absolute atomic E-state index is 10.5. The van der Waals surface area contributed by atoms with Crippen molar-refractivity contribution in [2.24, 2.45) is 5.92 Å². The van der Waals surface area contributed by atoms with Gasteiger partial charge in [0.25, 0.3) is 0 Å². The Hall–Kier alpha value is -1.26. The van der Waals surface area contributed by atoms with Crippen LogP contribution in [-0.2, 0) is 11.8 Å². The van der Waals surface area contributed by atoms with E-state index in [-0.39, 0.29) is 17.3 Å². The summed E-state index contributed by atoms with van der Waals surface area (Å²) in [4.78, 5) is 0. The lowest BCUT2D eigenvalue weighted by Gasteiger charge is -2.56. The van der Waals surface area contributed by atoms with E-state index < -0.39 is 6.10 Å². The van der Waals surface area contributed by atoms with Gasteiger partial charge >= 0.3 is 0 Å². The van der Waals surface area contributed by atoms with Gasteiger partial charge in [-0.1, -0.05) is 6.07 Å². The second-order valence-corrected chi connectivity index (χ2v) is 6.79. The Morgan fingerprint density at radius 2 is 2.20 bits per heavy atom. The maximum Gasteiger partial charge on any atom is 0.165 e. The number of nitrogens with one attached hydrogen (secondary N) is 1. The van der Waals surface area contributed by atoms with Crippen LogP contribution in [0.1, 0.15) is 30.4 Å². The fourth-order valence-electron chi connectivity index (χ4n) is 5.43. The van der Waals surface area contributed by atoms with Crippen LogP contribution in [0.25, 0.3) is 0 Å². The molecule has 4 nitrogen and oxygen atoms in total. The molecule has 5 atom stereocenters. The fraction of sp³-hybridized carbons (Fsp3) is 0.625. The van der Waals surface area contributed by atoms with E-state index in [1.54, 1.807) is 6.07 Å². The number of phenols is 1. The van der Waals surface area contributed by atoms with Gasteiger partial charge in [-0.25, -0.2) is 0 Å². The average Bonchev–Trinajstić information content (AvgIpc) is 2.78. The number of aliphatic hydroxyl groups is 1. The van der Waals surface area contributed by atoms with Crippen LogP contribution in [0.15, 0.2) is 12.1 Å². The quantitative estimate of drug-likeness (QED) is 0.662. The van der Waals surface area contributed by atoms with Gasteiger partial charge in [0.15, 0.2) is 11.5 Å². The molecule has 0 aromatic heterocycles. The molecule has 0 radical (unpaired) electrons. The van der Waals surface area contributed by atoms with E-state index in [4.69, 9.17) is 4.74 Å². The smallest absolute Gasteiger partial charge is 0.165 e. The summed E-state index contributed by atoms with van der Waals surface area (Å²) in [5.74, 6) is 1.41. The van der Waals surface area contributed by atoms with Crippen LogP contribution in [0.5, 0.6) is 11.5 Å². The molecule has 1 saturated carbocycles. The molecule has 0 unspecified atom stereocenters. The highest BCUT2D eigenvalue weighted by Crippen LogP contribution is 2.62. The van der Waals surface area contributed by atoms with Crippen molar-refractivity contribution in [3.63, 3.8) is 0 Å². The van der Waals surface area contributed by atoms with E-state index in [0.717, 1.165) is 32.2 Å². The summed E-state index contributed by atoms with van der Waals surface area (Å²) < 4.78 is 6.09. The van der Waals surface area contributed by atoms with Gasteiger partial charge in [0.2, 0.25) is 0 Å². The Balaban J connectivity index is 1.83. The zero-order valence-electron chi connectivity index (χ0n) is 11.3. The van der Waals surface area contributed by atoms with Crippen molar-refractivity contribution in [3.05, 3.63) is 23.3 Å². The molecule has 4 aliphatic rings. The number of hydrogen-bond donors (Lipinski definition) is 3. The van der Waals surface area contributed by atoms with E-state index in [1.807, 2.05) is 6.07 Å². The zero-order chi connectivity index (χ0) is 13.5. The predicted octanol–water partition coefficient (Wildman–Crippen LogP) is 1.08. The van der Waals surface area contributed by atoms with Gasteiger partial charge in [-0.2, -0.15) is 0 Å². The topological polar surface area (TPSA) is 61.7 Å². The minimum Gasteiger partial charge on any atom is -0.504 e. The zero-order valence-corrected chi connectivity index (χ0v) is 11.3. The van der Waals surface area contributed by atoms with Crippen molar-refractivity contribution >= 4 is 0 Å². The standard InChI is InChI=1S/C16H19NO3/c18-11-3-1-8-7-10-9-2-4-12(19)15-16(9,5-6-17-10)13(8)14(11)20-15/h1,3,9-10,12,15,17-19H,2,4-7H2/t9-,10+,12+,15-,16-/m1/s1. The highest BCUT2D eigenvalue weighted by atomic mass is 16.5. The molecule has 1 aromatic carbocycles. The largest absolute Gasteiger partial charge is 0.504 e. The molecule has 106 valence electrons. The molecule has 2 fully saturated rings. The minimum atomic E-state index is -0.414. The highest BCUT2D eigenvalue weighted by molar-refractivity contribution is 5.60. The highest BCUT2D eigenvalue weighted by Gasteiger charge is 2.64. The van der Waals surface area contributed by atoms with Crippen LogP contribution >= 0.6 is 0 Å². The van der Waals surface area contributed by atoms with Crippen LogP contribution in [0.4, 0.5) is 0 Å². The lowest BCUT2D eigenvalue weighted by atomic mass is 9.52. The van der Waals surface area contributed by atoms with E-state index >= 15 is 0 Å².